The quantitative estimate of drug-likeness (QED) is 0.763. The van der Waals surface area contributed by atoms with Crippen molar-refractivity contribution < 1.29 is 9.53 Å². The van der Waals surface area contributed by atoms with Crippen molar-refractivity contribution in [2.45, 2.75) is 64.1 Å². The highest BCUT2D eigenvalue weighted by atomic mass is 16.6. The second kappa shape index (κ2) is 4.84. The van der Waals surface area contributed by atoms with Crippen LogP contribution in [-0.2, 0) is 4.74 Å². The van der Waals surface area contributed by atoms with Crippen LogP contribution < -0.4 is 5.32 Å². The second-order valence-electron chi connectivity index (χ2n) is 6.14. The van der Waals surface area contributed by atoms with Crippen LogP contribution in [0.4, 0.5) is 4.79 Å². The molecule has 4 nitrogen and oxygen atoms in total. The molecule has 0 unspecified atom stereocenters. The molecule has 2 saturated heterocycles. The summed E-state index contributed by atoms with van der Waals surface area (Å²) < 4.78 is 5.32. The highest BCUT2D eigenvalue weighted by molar-refractivity contribution is 5.68. The van der Waals surface area contributed by atoms with Gasteiger partial charge in [0.1, 0.15) is 5.60 Å². The average Bonchev–Trinajstić information content (AvgIpc) is 2.63. The van der Waals surface area contributed by atoms with Gasteiger partial charge < -0.3 is 10.1 Å². The Labute approximate surface area is 104 Å². The first-order valence-corrected chi connectivity index (χ1v) is 6.69. The molecule has 0 aromatic rings. The van der Waals surface area contributed by atoms with Gasteiger partial charge >= 0.3 is 6.09 Å². The van der Waals surface area contributed by atoms with E-state index in [1.807, 2.05) is 20.8 Å². The molecule has 2 aliphatic heterocycles. The Morgan fingerprint density at radius 3 is 2.53 bits per heavy atom. The largest absolute Gasteiger partial charge is 0.444 e. The van der Waals surface area contributed by atoms with Gasteiger partial charge in [-0.1, -0.05) is 0 Å². The Kier molecular flexibility index (Phi) is 3.61. The molecular formula is C13H24N2O2. The van der Waals surface area contributed by atoms with Gasteiger partial charge in [-0.2, -0.15) is 0 Å². The Morgan fingerprint density at radius 1 is 1.24 bits per heavy atom. The molecule has 0 aromatic carbocycles. The third kappa shape index (κ3) is 3.35. The van der Waals surface area contributed by atoms with E-state index >= 15 is 0 Å². The monoisotopic (exact) mass is 240 g/mol. The molecule has 2 atom stereocenters. The summed E-state index contributed by atoms with van der Waals surface area (Å²) in [5.74, 6) is 0. The first-order valence-electron chi connectivity index (χ1n) is 6.69. The molecule has 2 fully saturated rings. The fourth-order valence-electron chi connectivity index (χ4n) is 2.92. The molecule has 0 bridgehead atoms. The summed E-state index contributed by atoms with van der Waals surface area (Å²) in [6, 6.07) is 0.817. The third-order valence-electron chi connectivity index (χ3n) is 3.54. The minimum Gasteiger partial charge on any atom is -0.444 e. The Hall–Kier alpha value is -0.770. The lowest BCUT2D eigenvalue weighted by Crippen LogP contribution is -2.53. The molecule has 17 heavy (non-hydrogen) atoms. The molecule has 0 saturated carbocycles. The van der Waals surface area contributed by atoms with E-state index in [-0.39, 0.29) is 12.1 Å². The lowest BCUT2D eigenvalue weighted by atomic mass is 9.96. The highest BCUT2D eigenvalue weighted by Crippen LogP contribution is 2.27. The standard InChI is InChI=1S/C13H24N2O2/c1-13(2,3)17-12(16)14-10-6-4-8-15-9-5-7-11(10)15/h10-11H,4-9H2,1-3H3,(H,14,16)/t10-,11+/m0/s1. The lowest BCUT2D eigenvalue weighted by molar-refractivity contribution is 0.0443. The predicted octanol–water partition coefficient (Wildman–Crippen LogP) is 2.14. The molecule has 0 aliphatic carbocycles. The van der Waals surface area contributed by atoms with Gasteiger partial charge in [-0.3, -0.25) is 4.90 Å². The van der Waals surface area contributed by atoms with Crippen LogP contribution in [0.1, 0.15) is 46.5 Å². The summed E-state index contributed by atoms with van der Waals surface area (Å²) in [6.07, 6.45) is 4.46. The van der Waals surface area contributed by atoms with Gasteiger partial charge in [0, 0.05) is 12.1 Å². The smallest absolute Gasteiger partial charge is 0.407 e. The van der Waals surface area contributed by atoms with E-state index in [2.05, 4.69) is 10.2 Å². The first kappa shape index (κ1) is 12.7. The number of amides is 1. The van der Waals surface area contributed by atoms with Crippen molar-refractivity contribution in [1.82, 2.24) is 10.2 Å². The van der Waals surface area contributed by atoms with E-state index in [4.69, 9.17) is 4.74 Å². The Morgan fingerprint density at radius 2 is 1.88 bits per heavy atom. The maximum atomic E-state index is 11.8. The number of nitrogens with zero attached hydrogens (tertiary/aromatic N) is 1. The number of piperidine rings is 1. The summed E-state index contributed by atoms with van der Waals surface area (Å²) in [5, 5.41) is 3.04. The van der Waals surface area contributed by atoms with Crippen molar-refractivity contribution in [2.24, 2.45) is 0 Å². The van der Waals surface area contributed by atoms with Gasteiger partial charge in [-0.25, -0.2) is 4.79 Å². The first-order chi connectivity index (χ1) is 7.96. The summed E-state index contributed by atoms with van der Waals surface area (Å²) >= 11 is 0. The van der Waals surface area contributed by atoms with Crippen molar-refractivity contribution in [2.75, 3.05) is 13.1 Å². The fraction of sp³-hybridized carbons (Fsp3) is 0.923. The number of nitrogens with one attached hydrogen (secondary N) is 1. The van der Waals surface area contributed by atoms with Crippen LogP contribution in [0.2, 0.25) is 0 Å². The molecule has 0 spiro atoms. The second-order valence-corrected chi connectivity index (χ2v) is 6.14. The zero-order valence-corrected chi connectivity index (χ0v) is 11.2. The van der Waals surface area contributed by atoms with E-state index in [0.717, 1.165) is 6.42 Å². The Bertz CT molecular complexity index is 286. The van der Waals surface area contributed by atoms with Gasteiger partial charge in [0.05, 0.1) is 0 Å². The van der Waals surface area contributed by atoms with Crippen LogP contribution in [0.25, 0.3) is 0 Å². The van der Waals surface area contributed by atoms with E-state index in [1.54, 1.807) is 0 Å². The molecule has 4 heteroatoms. The van der Waals surface area contributed by atoms with Gasteiger partial charge in [0.2, 0.25) is 0 Å². The molecular weight excluding hydrogens is 216 g/mol. The van der Waals surface area contributed by atoms with Crippen molar-refractivity contribution in [1.29, 1.82) is 0 Å². The van der Waals surface area contributed by atoms with Gasteiger partial charge in [0.25, 0.3) is 0 Å². The van der Waals surface area contributed by atoms with Crippen LogP contribution in [0.3, 0.4) is 0 Å². The third-order valence-corrected chi connectivity index (χ3v) is 3.54. The van der Waals surface area contributed by atoms with Crippen molar-refractivity contribution in [3.8, 4) is 0 Å². The maximum Gasteiger partial charge on any atom is 0.407 e. The summed E-state index contributed by atoms with van der Waals surface area (Å²) in [4.78, 5) is 14.3. The number of carbonyl (C=O) groups excluding carboxylic acids is 1. The summed E-state index contributed by atoms with van der Waals surface area (Å²) in [7, 11) is 0. The van der Waals surface area contributed by atoms with Crippen LogP contribution >= 0.6 is 0 Å². The van der Waals surface area contributed by atoms with E-state index in [0.29, 0.717) is 6.04 Å². The number of alkyl carbamates (subject to hydrolysis) is 1. The summed E-state index contributed by atoms with van der Waals surface area (Å²) in [6.45, 7) is 8.08. The molecule has 2 aliphatic rings. The zero-order chi connectivity index (χ0) is 12.5. The maximum absolute atomic E-state index is 11.8. The van der Waals surface area contributed by atoms with Crippen LogP contribution in [-0.4, -0.2) is 41.8 Å². The van der Waals surface area contributed by atoms with E-state index in [1.165, 1.54) is 32.4 Å². The number of carbonyl (C=O) groups is 1. The number of hydrogen-bond acceptors (Lipinski definition) is 3. The normalized spacial score (nSPS) is 29.8. The molecule has 2 heterocycles. The van der Waals surface area contributed by atoms with Crippen molar-refractivity contribution >= 4 is 6.09 Å². The van der Waals surface area contributed by atoms with Gasteiger partial charge in [-0.05, 0) is 59.5 Å². The summed E-state index contributed by atoms with van der Waals surface area (Å²) in [5.41, 5.74) is -0.409. The number of rotatable bonds is 1. The number of fused-ring (bicyclic) bond motifs is 1. The SMILES string of the molecule is CC(C)(C)OC(=O)N[C@H]1CCCN2CCC[C@H]12. The molecule has 1 amide bonds. The minimum atomic E-state index is -0.409. The molecule has 0 aromatic heterocycles. The highest BCUT2D eigenvalue weighted by Gasteiger charge is 2.35. The molecule has 98 valence electrons. The van der Waals surface area contributed by atoms with Gasteiger partial charge in [0.15, 0.2) is 0 Å². The van der Waals surface area contributed by atoms with Crippen LogP contribution in [0, 0.1) is 0 Å². The molecule has 2 rings (SSSR count). The zero-order valence-electron chi connectivity index (χ0n) is 11.2. The van der Waals surface area contributed by atoms with Crippen LogP contribution in [0.15, 0.2) is 0 Å². The van der Waals surface area contributed by atoms with E-state index < -0.39 is 5.60 Å². The van der Waals surface area contributed by atoms with E-state index in [9.17, 15) is 4.79 Å². The lowest BCUT2D eigenvalue weighted by Gasteiger charge is -2.37. The molecule has 1 N–H and O–H groups in total. The predicted molar refractivity (Wildman–Crippen MR) is 67.0 cm³/mol. The molecule has 0 radical (unpaired) electrons. The average molecular weight is 240 g/mol. The van der Waals surface area contributed by atoms with Crippen LogP contribution in [0.5, 0.6) is 0 Å². The van der Waals surface area contributed by atoms with Crippen molar-refractivity contribution in [3.63, 3.8) is 0 Å². The number of ether oxygens (including phenoxy) is 1. The van der Waals surface area contributed by atoms with Gasteiger partial charge in [-0.15, -0.1) is 0 Å². The van der Waals surface area contributed by atoms with Crippen molar-refractivity contribution in [3.05, 3.63) is 0 Å². The number of hydrogen-bond donors (Lipinski definition) is 1. The Balaban J connectivity index is 1.87. The minimum absolute atomic E-state index is 0.267. The fourth-order valence-corrected chi connectivity index (χ4v) is 2.92. The topological polar surface area (TPSA) is 41.6 Å².